The summed E-state index contributed by atoms with van der Waals surface area (Å²) in [5.41, 5.74) is 4.01. The molecule has 1 aliphatic rings. The summed E-state index contributed by atoms with van der Waals surface area (Å²) in [5.74, 6) is 0. The Labute approximate surface area is 201 Å². The zero-order valence-corrected chi connectivity index (χ0v) is 19.3. The molecule has 4 aromatic rings. The monoisotopic (exact) mass is 453 g/mol. The smallest absolute Gasteiger partial charge is 0.0976 e. The lowest BCUT2D eigenvalue weighted by molar-refractivity contribution is 0.0325. The van der Waals surface area contributed by atoms with E-state index in [9.17, 15) is 5.11 Å². The number of aliphatic hydroxyl groups excluding tert-OH is 1. The van der Waals surface area contributed by atoms with Crippen LogP contribution in [0.1, 0.15) is 41.2 Å². The molecule has 4 aromatic carbocycles. The normalized spacial score (nSPS) is 17.7. The van der Waals surface area contributed by atoms with Crippen molar-refractivity contribution in [1.82, 2.24) is 4.90 Å². The molecule has 0 aromatic heterocycles. The van der Waals surface area contributed by atoms with Gasteiger partial charge in [-0.15, -0.1) is 0 Å². The number of hydrogen-bond donors (Lipinski definition) is 1. The SMILES string of the molecule is OC(c1ccc(Cl)cc1)[C@@H]1CCCN1C(c1ccccc1)(c1ccccc1)c1ccccc1. The molecule has 0 aliphatic carbocycles. The maximum atomic E-state index is 11.6. The summed E-state index contributed by atoms with van der Waals surface area (Å²) in [6.07, 6.45) is 1.35. The van der Waals surface area contributed by atoms with Crippen LogP contribution in [0.25, 0.3) is 0 Å². The van der Waals surface area contributed by atoms with Crippen molar-refractivity contribution in [3.05, 3.63) is 143 Å². The van der Waals surface area contributed by atoms with Crippen LogP contribution in [0.3, 0.4) is 0 Å². The third-order valence-electron chi connectivity index (χ3n) is 6.88. The van der Waals surface area contributed by atoms with Gasteiger partial charge in [-0.3, -0.25) is 4.90 Å². The van der Waals surface area contributed by atoms with E-state index in [1.54, 1.807) is 0 Å². The molecule has 0 spiro atoms. The molecule has 5 rings (SSSR count). The van der Waals surface area contributed by atoms with E-state index in [2.05, 4.69) is 95.9 Å². The first kappa shape index (κ1) is 21.9. The molecule has 166 valence electrons. The second-order valence-corrected chi connectivity index (χ2v) is 9.14. The number of aliphatic hydroxyl groups is 1. The molecule has 1 saturated heterocycles. The van der Waals surface area contributed by atoms with Gasteiger partial charge in [0.25, 0.3) is 0 Å². The van der Waals surface area contributed by atoms with Crippen LogP contribution in [0.15, 0.2) is 115 Å². The van der Waals surface area contributed by atoms with Crippen molar-refractivity contribution in [3.8, 4) is 0 Å². The molecule has 33 heavy (non-hydrogen) atoms. The van der Waals surface area contributed by atoms with E-state index in [0.717, 1.165) is 24.9 Å². The van der Waals surface area contributed by atoms with E-state index in [4.69, 9.17) is 11.6 Å². The van der Waals surface area contributed by atoms with Gasteiger partial charge < -0.3 is 5.11 Å². The first-order valence-corrected chi connectivity index (χ1v) is 12.0. The highest BCUT2D eigenvalue weighted by Crippen LogP contribution is 2.47. The number of rotatable bonds is 6. The predicted octanol–water partition coefficient (Wildman–Crippen LogP) is 6.83. The second kappa shape index (κ2) is 9.52. The molecule has 0 bridgehead atoms. The molecule has 1 aliphatic heterocycles. The number of hydrogen-bond acceptors (Lipinski definition) is 2. The fourth-order valence-corrected chi connectivity index (χ4v) is 5.58. The van der Waals surface area contributed by atoms with Crippen molar-refractivity contribution in [2.75, 3.05) is 6.54 Å². The maximum absolute atomic E-state index is 11.6. The van der Waals surface area contributed by atoms with Crippen LogP contribution in [0.4, 0.5) is 0 Å². The van der Waals surface area contributed by atoms with E-state index in [1.165, 1.54) is 16.7 Å². The Morgan fingerprint density at radius 2 is 1.15 bits per heavy atom. The maximum Gasteiger partial charge on any atom is 0.0976 e. The number of likely N-dealkylation sites (tertiary alicyclic amines) is 1. The molecule has 1 N–H and O–H groups in total. The minimum absolute atomic E-state index is 0.0354. The summed E-state index contributed by atoms with van der Waals surface area (Å²) in [6, 6.07) is 39.7. The van der Waals surface area contributed by atoms with Crippen molar-refractivity contribution < 1.29 is 5.11 Å². The average Bonchev–Trinajstić information content (AvgIpc) is 3.37. The van der Waals surface area contributed by atoms with Crippen LogP contribution in [0.5, 0.6) is 0 Å². The lowest BCUT2D eigenvalue weighted by atomic mass is 9.74. The van der Waals surface area contributed by atoms with Crippen molar-refractivity contribution in [1.29, 1.82) is 0 Å². The van der Waals surface area contributed by atoms with Crippen molar-refractivity contribution >= 4 is 11.6 Å². The Bertz CT molecular complexity index is 1070. The Hall–Kier alpha value is -2.91. The molecule has 0 amide bonds. The fourth-order valence-electron chi connectivity index (χ4n) is 5.45. The second-order valence-electron chi connectivity index (χ2n) is 8.71. The third-order valence-corrected chi connectivity index (χ3v) is 7.13. The Balaban J connectivity index is 1.72. The minimum Gasteiger partial charge on any atom is -0.387 e. The molecule has 3 heteroatoms. The molecule has 1 heterocycles. The Morgan fingerprint density at radius 3 is 1.61 bits per heavy atom. The van der Waals surface area contributed by atoms with Gasteiger partial charge in [0, 0.05) is 17.6 Å². The van der Waals surface area contributed by atoms with Gasteiger partial charge in [0.2, 0.25) is 0 Å². The quantitative estimate of drug-likeness (QED) is 0.323. The van der Waals surface area contributed by atoms with Gasteiger partial charge in [0.1, 0.15) is 0 Å². The average molecular weight is 454 g/mol. The predicted molar refractivity (Wildman–Crippen MR) is 135 cm³/mol. The first-order chi connectivity index (χ1) is 16.2. The molecular formula is C30H28ClNO. The molecule has 1 fully saturated rings. The van der Waals surface area contributed by atoms with Crippen LogP contribution < -0.4 is 0 Å². The van der Waals surface area contributed by atoms with Gasteiger partial charge in [0.05, 0.1) is 11.6 Å². The van der Waals surface area contributed by atoms with E-state index in [1.807, 2.05) is 24.3 Å². The summed E-state index contributed by atoms with van der Waals surface area (Å²) in [4.78, 5) is 2.52. The van der Waals surface area contributed by atoms with Crippen molar-refractivity contribution in [2.45, 2.75) is 30.5 Å². The molecule has 2 nitrogen and oxygen atoms in total. The van der Waals surface area contributed by atoms with Gasteiger partial charge in [0.15, 0.2) is 0 Å². The molecule has 0 radical (unpaired) electrons. The van der Waals surface area contributed by atoms with E-state index in [0.29, 0.717) is 5.02 Å². The van der Waals surface area contributed by atoms with Gasteiger partial charge in [-0.1, -0.05) is 115 Å². The van der Waals surface area contributed by atoms with E-state index < -0.39 is 11.6 Å². The lowest BCUT2D eigenvalue weighted by Crippen LogP contribution is -2.52. The Kier molecular flexibility index (Phi) is 6.32. The summed E-state index contributed by atoms with van der Waals surface area (Å²) in [6.45, 7) is 0.897. The summed E-state index contributed by atoms with van der Waals surface area (Å²) < 4.78 is 0. The van der Waals surface area contributed by atoms with Crippen molar-refractivity contribution in [2.24, 2.45) is 0 Å². The van der Waals surface area contributed by atoms with E-state index in [-0.39, 0.29) is 6.04 Å². The van der Waals surface area contributed by atoms with Gasteiger partial charge in [-0.2, -0.15) is 0 Å². The van der Waals surface area contributed by atoms with Crippen LogP contribution in [0, 0.1) is 0 Å². The largest absolute Gasteiger partial charge is 0.387 e. The molecule has 1 unspecified atom stereocenters. The minimum atomic E-state index is -0.611. The zero-order chi connectivity index (χ0) is 22.7. The lowest BCUT2D eigenvalue weighted by Gasteiger charge is -2.47. The molecular weight excluding hydrogens is 426 g/mol. The highest BCUT2D eigenvalue weighted by molar-refractivity contribution is 6.30. The number of halogens is 1. The summed E-state index contributed by atoms with van der Waals surface area (Å²) >= 11 is 6.13. The first-order valence-electron chi connectivity index (χ1n) is 11.6. The number of nitrogens with zero attached hydrogens (tertiary/aromatic N) is 1. The topological polar surface area (TPSA) is 23.5 Å². The van der Waals surface area contributed by atoms with Gasteiger partial charge >= 0.3 is 0 Å². The standard InChI is InChI=1S/C30H28ClNO/c31-27-20-18-23(19-21-27)29(33)28-17-10-22-32(28)30(24-11-4-1-5-12-24,25-13-6-2-7-14-25)26-15-8-3-9-16-26/h1-9,11-16,18-21,28-29,33H,10,17,22H2/t28-,29?/m0/s1. The van der Waals surface area contributed by atoms with Crippen LogP contribution >= 0.6 is 11.6 Å². The highest BCUT2D eigenvalue weighted by Gasteiger charge is 2.48. The van der Waals surface area contributed by atoms with Gasteiger partial charge in [-0.25, -0.2) is 0 Å². The Morgan fingerprint density at radius 1 is 0.697 bits per heavy atom. The summed E-state index contributed by atoms with van der Waals surface area (Å²) in [7, 11) is 0. The van der Waals surface area contributed by atoms with E-state index >= 15 is 0 Å². The highest BCUT2D eigenvalue weighted by atomic mass is 35.5. The van der Waals surface area contributed by atoms with Crippen molar-refractivity contribution in [3.63, 3.8) is 0 Å². The third kappa shape index (κ3) is 4.00. The molecule has 2 atom stereocenters. The van der Waals surface area contributed by atoms with Gasteiger partial charge in [-0.05, 0) is 47.2 Å². The zero-order valence-electron chi connectivity index (χ0n) is 18.5. The van der Waals surface area contributed by atoms with Crippen LogP contribution in [-0.4, -0.2) is 22.6 Å². The fraction of sp³-hybridized carbons (Fsp3) is 0.200. The van der Waals surface area contributed by atoms with Crippen LogP contribution in [0.2, 0.25) is 5.02 Å². The summed E-state index contributed by atoms with van der Waals surface area (Å²) in [5, 5.41) is 12.3. The number of benzene rings is 4. The molecule has 0 saturated carbocycles. The van der Waals surface area contributed by atoms with Crippen LogP contribution in [-0.2, 0) is 5.54 Å².